The number of aryl methyl sites for hydroxylation is 2. The molecule has 3 N–H and O–H groups in total. The van der Waals surface area contributed by atoms with Crippen LogP contribution in [0, 0.1) is 13.8 Å². The Balaban J connectivity index is 1.95. The van der Waals surface area contributed by atoms with E-state index in [1.165, 1.54) is 0 Å². The normalized spacial score (nSPS) is 10.9. The van der Waals surface area contributed by atoms with Gasteiger partial charge in [-0.1, -0.05) is 0 Å². The highest BCUT2D eigenvalue weighted by Gasteiger charge is 2.06. The van der Waals surface area contributed by atoms with Crippen LogP contribution in [-0.4, -0.2) is 9.97 Å². The van der Waals surface area contributed by atoms with Gasteiger partial charge in [-0.05, 0) is 32.0 Å². The molecule has 0 aliphatic heterocycles. The van der Waals surface area contributed by atoms with Gasteiger partial charge < -0.3 is 11.1 Å². The van der Waals surface area contributed by atoms with Crippen LogP contribution in [0.1, 0.15) is 16.4 Å². The smallest absolute Gasteiger partial charge is 0.0898 e. The van der Waals surface area contributed by atoms with E-state index in [2.05, 4.69) is 26.7 Å². The second-order valence-electron chi connectivity index (χ2n) is 4.79. The van der Waals surface area contributed by atoms with Crippen molar-refractivity contribution in [1.29, 1.82) is 0 Å². The van der Waals surface area contributed by atoms with Crippen molar-refractivity contribution in [3.63, 3.8) is 0 Å². The molecule has 0 saturated heterocycles. The van der Waals surface area contributed by atoms with Crippen molar-refractivity contribution in [1.82, 2.24) is 9.97 Å². The fourth-order valence-corrected chi connectivity index (χ4v) is 2.81. The number of hydrogen-bond donors (Lipinski definition) is 2. The Morgan fingerprint density at radius 1 is 1.25 bits per heavy atom. The molecule has 1 aromatic carbocycles. The quantitative estimate of drug-likeness (QED) is 0.722. The van der Waals surface area contributed by atoms with Crippen LogP contribution in [0.5, 0.6) is 0 Å². The van der Waals surface area contributed by atoms with Crippen LogP contribution in [-0.2, 0) is 6.54 Å². The molecule has 2 aromatic heterocycles. The van der Waals surface area contributed by atoms with Crippen LogP contribution in [0.4, 0.5) is 11.4 Å². The maximum absolute atomic E-state index is 6.01. The van der Waals surface area contributed by atoms with Gasteiger partial charge in [0.1, 0.15) is 0 Å². The van der Waals surface area contributed by atoms with Gasteiger partial charge in [-0.3, -0.25) is 4.98 Å². The number of nitrogens with zero attached hydrogens (tertiary/aromatic N) is 2. The van der Waals surface area contributed by atoms with Crippen LogP contribution in [0.3, 0.4) is 0 Å². The van der Waals surface area contributed by atoms with Crippen LogP contribution in [0.2, 0.25) is 0 Å². The van der Waals surface area contributed by atoms with Crippen molar-refractivity contribution in [2.45, 2.75) is 20.4 Å². The van der Waals surface area contributed by atoms with Gasteiger partial charge in [0.05, 0.1) is 17.2 Å². The summed E-state index contributed by atoms with van der Waals surface area (Å²) in [5.41, 5.74) is 9.86. The van der Waals surface area contributed by atoms with Gasteiger partial charge in [0, 0.05) is 39.4 Å². The fraction of sp³-hybridized carbons (Fsp3) is 0.200. The summed E-state index contributed by atoms with van der Waals surface area (Å²) in [5, 5.41) is 8.68. The topological polar surface area (TPSA) is 63.8 Å². The van der Waals surface area contributed by atoms with E-state index in [9.17, 15) is 0 Å². The van der Waals surface area contributed by atoms with Crippen molar-refractivity contribution in [2.75, 3.05) is 11.1 Å². The lowest BCUT2D eigenvalue weighted by molar-refractivity contribution is 1.06. The van der Waals surface area contributed by atoms with Gasteiger partial charge in [0.15, 0.2) is 0 Å². The molecule has 2 heterocycles. The maximum atomic E-state index is 6.01. The SMILES string of the molecule is Cc1cc2c(NCc3csc(C)n3)ccc(N)c2cn1. The van der Waals surface area contributed by atoms with E-state index < -0.39 is 0 Å². The third kappa shape index (κ3) is 2.44. The van der Waals surface area contributed by atoms with Gasteiger partial charge in [-0.25, -0.2) is 4.98 Å². The molecule has 0 bridgehead atoms. The number of nitrogens with two attached hydrogens (primary N) is 1. The molecular weight excluding hydrogens is 268 g/mol. The standard InChI is InChI=1S/C15H16N4S/c1-9-5-12-13(7-17-9)14(16)3-4-15(12)18-6-11-8-20-10(2)19-11/h3-5,7-8,18H,6,16H2,1-2H3. The fourth-order valence-electron chi connectivity index (χ4n) is 2.19. The van der Waals surface area contributed by atoms with E-state index in [0.29, 0.717) is 6.54 Å². The Morgan fingerprint density at radius 3 is 2.85 bits per heavy atom. The minimum absolute atomic E-state index is 0.713. The van der Waals surface area contributed by atoms with Gasteiger partial charge >= 0.3 is 0 Å². The molecule has 0 aliphatic carbocycles. The van der Waals surface area contributed by atoms with Crippen molar-refractivity contribution >= 4 is 33.5 Å². The van der Waals surface area contributed by atoms with Crippen molar-refractivity contribution in [2.24, 2.45) is 0 Å². The molecule has 0 amide bonds. The molecule has 102 valence electrons. The Kier molecular flexibility index (Phi) is 3.28. The molecule has 3 aromatic rings. The summed E-state index contributed by atoms with van der Waals surface area (Å²) >= 11 is 1.67. The molecule has 5 heteroatoms. The monoisotopic (exact) mass is 284 g/mol. The first kappa shape index (κ1) is 12.9. The van der Waals surface area contributed by atoms with Gasteiger partial charge in [-0.2, -0.15) is 0 Å². The minimum atomic E-state index is 0.713. The zero-order valence-electron chi connectivity index (χ0n) is 11.5. The third-order valence-corrected chi connectivity index (χ3v) is 4.02. The first-order valence-electron chi connectivity index (χ1n) is 6.43. The average molecular weight is 284 g/mol. The first-order chi connectivity index (χ1) is 9.63. The van der Waals surface area contributed by atoms with Gasteiger partial charge in [0.2, 0.25) is 0 Å². The van der Waals surface area contributed by atoms with Crippen molar-refractivity contribution in [3.05, 3.63) is 46.2 Å². The molecule has 0 fully saturated rings. The average Bonchev–Trinajstić information content (AvgIpc) is 2.84. The second-order valence-corrected chi connectivity index (χ2v) is 5.85. The predicted octanol–water partition coefficient (Wildman–Crippen LogP) is 3.50. The number of benzene rings is 1. The second kappa shape index (κ2) is 5.09. The molecule has 20 heavy (non-hydrogen) atoms. The summed E-state index contributed by atoms with van der Waals surface area (Å²) in [7, 11) is 0. The Labute approximate surface area is 121 Å². The Morgan fingerprint density at radius 2 is 2.10 bits per heavy atom. The number of thiazole rings is 1. The lowest BCUT2D eigenvalue weighted by Gasteiger charge is -2.11. The van der Waals surface area contributed by atoms with Crippen molar-refractivity contribution in [3.8, 4) is 0 Å². The summed E-state index contributed by atoms with van der Waals surface area (Å²) in [5.74, 6) is 0. The highest BCUT2D eigenvalue weighted by atomic mass is 32.1. The summed E-state index contributed by atoms with van der Waals surface area (Å²) in [6.07, 6.45) is 1.83. The highest BCUT2D eigenvalue weighted by molar-refractivity contribution is 7.09. The van der Waals surface area contributed by atoms with Crippen LogP contribution < -0.4 is 11.1 Å². The maximum Gasteiger partial charge on any atom is 0.0898 e. The van der Waals surface area contributed by atoms with Gasteiger partial charge in [-0.15, -0.1) is 11.3 Å². The van der Waals surface area contributed by atoms with Crippen LogP contribution in [0.15, 0.2) is 29.8 Å². The Bertz CT molecular complexity index is 764. The summed E-state index contributed by atoms with van der Waals surface area (Å²) in [4.78, 5) is 8.77. The number of anilines is 2. The predicted molar refractivity (Wildman–Crippen MR) is 85.1 cm³/mol. The van der Waals surface area contributed by atoms with E-state index in [-0.39, 0.29) is 0 Å². The van der Waals surface area contributed by atoms with E-state index >= 15 is 0 Å². The summed E-state index contributed by atoms with van der Waals surface area (Å²) in [6, 6.07) is 5.98. The van der Waals surface area contributed by atoms with E-state index in [4.69, 9.17) is 5.73 Å². The number of aromatic nitrogens is 2. The number of nitrogens with one attached hydrogen (secondary N) is 1. The first-order valence-corrected chi connectivity index (χ1v) is 7.31. The zero-order valence-corrected chi connectivity index (χ0v) is 12.3. The lowest BCUT2D eigenvalue weighted by atomic mass is 10.1. The molecule has 0 saturated carbocycles. The largest absolute Gasteiger partial charge is 0.398 e. The number of hydrogen-bond acceptors (Lipinski definition) is 5. The third-order valence-electron chi connectivity index (χ3n) is 3.20. The molecule has 4 nitrogen and oxygen atoms in total. The number of fused-ring (bicyclic) bond motifs is 1. The molecule has 0 unspecified atom stereocenters. The number of nitrogen functional groups attached to an aromatic ring is 1. The zero-order chi connectivity index (χ0) is 14.1. The molecule has 0 aliphatic rings. The molecular formula is C15H16N4S. The van der Waals surface area contributed by atoms with E-state index in [1.807, 2.05) is 32.2 Å². The van der Waals surface area contributed by atoms with Crippen molar-refractivity contribution < 1.29 is 0 Å². The minimum Gasteiger partial charge on any atom is -0.398 e. The molecule has 0 radical (unpaired) electrons. The summed E-state index contributed by atoms with van der Waals surface area (Å²) < 4.78 is 0. The lowest BCUT2D eigenvalue weighted by Crippen LogP contribution is -2.01. The van der Waals surface area contributed by atoms with E-state index in [0.717, 1.165) is 38.5 Å². The van der Waals surface area contributed by atoms with Crippen LogP contribution in [0.25, 0.3) is 10.8 Å². The van der Waals surface area contributed by atoms with Gasteiger partial charge in [0.25, 0.3) is 0 Å². The Hall–Kier alpha value is -2.14. The highest BCUT2D eigenvalue weighted by Crippen LogP contribution is 2.28. The van der Waals surface area contributed by atoms with Crippen LogP contribution >= 0.6 is 11.3 Å². The molecule has 0 spiro atoms. The number of pyridine rings is 1. The molecule has 0 atom stereocenters. The molecule has 3 rings (SSSR count). The number of rotatable bonds is 3. The van der Waals surface area contributed by atoms with E-state index in [1.54, 1.807) is 11.3 Å². The summed E-state index contributed by atoms with van der Waals surface area (Å²) in [6.45, 7) is 4.71.